The van der Waals surface area contributed by atoms with Gasteiger partial charge in [0.25, 0.3) is 5.56 Å². The van der Waals surface area contributed by atoms with Crippen LogP contribution in [0, 0.1) is 0 Å². The highest BCUT2D eigenvalue weighted by atomic mass is 32.2. The summed E-state index contributed by atoms with van der Waals surface area (Å²) in [4.78, 5) is 29.8. The Morgan fingerprint density at radius 1 is 1.28 bits per heavy atom. The molecule has 1 N–H and O–H groups in total. The second-order valence-corrected chi connectivity index (χ2v) is 7.74. The third-order valence-corrected chi connectivity index (χ3v) is 5.12. The first-order chi connectivity index (χ1) is 14.0. The minimum atomic E-state index is -0.152. The molecule has 29 heavy (non-hydrogen) atoms. The number of hydrogen-bond acceptors (Lipinski definition) is 6. The van der Waals surface area contributed by atoms with Gasteiger partial charge in [0.05, 0.1) is 35.6 Å². The Balaban J connectivity index is 1.69. The van der Waals surface area contributed by atoms with Gasteiger partial charge in [0, 0.05) is 13.2 Å². The lowest BCUT2D eigenvalue weighted by Gasteiger charge is -2.12. The van der Waals surface area contributed by atoms with E-state index >= 15 is 0 Å². The summed E-state index contributed by atoms with van der Waals surface area (Å²) in [5.41, 5.74) is 0.461. The Morgan fingerprint density at radius 2 is 2.10 bits per heavy atom. The lowest BCUT2D eigenvalue weighted by atomic mass is 10.2. The fourth-order valence-electron chi connectivity index (χ4n) is 2.76. The van der Waals surface area contributed by atoms with Gasteiger partial charge in [0.15, 0.2) is 5.16 Å². The predicted octanol–water partition coefficient (Wildman–Crippen LogP) is 3.06. The minimum absolute atomic E-state index is 0.105. The van der Waals surface area contributed by atoms with Crippen LogP contribution in [0.1, 0.15) is 26.0 Å². The van der Waals surface area contributed by atoms with Crippen molar-refractivity contribution in [2.24, 2.45) is 0 Å². The van der Waals surface area contributed by atoms with Gasteiger partial charge < -0.3 is 14.5 Å². The number of fused-ring (bicyclic) bond motifs is 1. The average molecular weight is 416 g/mol. The summed E-state index contributed by atoms with van der Waals surface area (Å²) in [5, 5.41) is 3.90. The highest BCUT2D eigenvalue weighted by molar-refractivity contribution is 7.99. The van der Waals surface area contributed by atoms with Crippen LogP contribution in [-0.2, 0) is 16.1 Å². The van der Waals surface area contributed by atoms with Crippen molar-refractivity contribution in [3.05, 3.63) is 58.8 Å². The van der Waals surface area contributed by atoms with Gasteiger partial charge in [0.1, 0.15) is 5.76 Å². The molecule has 0 atom stereocenters. The molecular formula is C21H25N3O4S. The summed E-state index contributed by atoms with van der Waals surface area (Å²) in [6, 6.07) is 10.8. The van der Waals surface area contributed by atoms with Crippen molar-refractivity contribution < 1.29 is 13.9 Å². The lowest BCUT2D eigenvalue weighted by molar-refractivity contribution is -0.118. The molecule has 7 nitrogen and oxygen atoms in total. The van der Waals surface area contributed by atoms with E-state index in [0.717, 1.165) is 6.42 Å². The van der Waals surface area contributed by atoms with E-state index in [2.05, 4.69) is 10.3 Å². The Hall–Kier alpha value is -2.58. The van der Waals surface area contributed by atoms with Crippen LogP contribution in [-0.4, -0.2) is 40.5 Å². The molecule has 0 aliphatic carbocycles. The van der Waals surface area contributed by atoms with Crippen LogP contribution < -0.4 is 10.9 Å². The van der Waals surface area contributed by atoms with Crippen molar-refractivity contribution in [1.29, 1.82) is 0 Å². The Kier molecular flexibility index (Phi) is 7.48. The first-order valence-electron chi connectivity index (χ1n) is 9.57. The topological polar surface area (TPSA) is 86.4 Å². The summed E-state index contributed by atoms with van der Waals surface area (Å²) in [7, 11) is 0. The van der Waals surface area contributed by atoms with Gasteiger partial charge in [0.2, 0.25) is 5.91 Å². The van der Waals surface area contributed by atoms with Crippen LogP contribution in [0.5, 0.6) is 0 Å². The number of thioether (sulfide) groups is 1. The molecule has 3 aromatic rings. The number of rotatable bonds is 10. The monoisotopic (exact) mass is 415 g/mol. The third kappa shape index (κ3) is 5.95. The van der Waals surface area contributed by atoms with Gasteiger partial charge >= 0.3 is 0 Å². The molecule has 0 fully saturated rings. The zero-order valence-electron chi connectivity index (χ0n) is 16.6. The molecule has 1 aromatic carbocycles. The average Bonchev–Trinajstić information content (AvgIpc) is 3.21. The van der Waals surface area contributed by atoms with Crippen LogP contribution in [0.25, 0.3) is 10.9 Å². The SMILES string of the molecule is CC(C)OCCCNC(=O)CSc1nc2ccccc2c(=O)n1Cc1ccco1. The highest BCUT2D eigenvalue weighted by Gasteiger charge is 2.14. The molecule has 2 aromatic heterocycles. The Morgan fingerprint density at radius 3 is 2.86 bits per heavy atom. The van der Waals surface area contributed by atoms with E-state index in [0.29, 0.717) is 35.0 Å². The van der Waals surface area contributed by atoms with Crippen LogP contribution in [0.2, 0.25) is 0 Å². The molecule has 0 aliphatic heterocycles. The minimum Gasteiger partial charge on any atom is -0.467 e. The summed E-state index contributed by atoms with van der Waals surface area (Å²) >= 11 is 1.24. The standard InChI is InChI=1S/C21H25N3O4S/c1-15(2)27-12-6-10-22-19(25)14-29-21-23-18-9-4-3-8-17(18)20(26)24(21)13-16-7-5-11-28-16/h3-5,7-9,11,15H,6,10,12-14H2,1-2H3,(H,22,25). The normalized spacial score (nSPS) is 11.3. The maximum absolute atomic E-state index is 13.0. The van der Waals surface area contributed by atoms with E-state index in [1.54, 1.807) is 29.0 Å². The largest absolute Gasteiger partial charge is 0.467 e. The maximum Gasteiger partial charge on any atom is 0.262 e. The molecule has 8 heteroatoms. The van der Waals surface area contributed by atoms with Crippen LogP contribution in [0.3, 0.4) is 0 Å². The summed E-state index contributed by atoms with van der Waals surface area (Å²) in [5.74, 6) is 0.723. The Labute approximate surface area is 173 Å². The van der Waals surface area contributed by atoms with E-state index in [9.17, 15) is 9.59 Å². The number of carbonyl (C=O) groups excluding carboxylic acids is 1. The fraction of sp³-hybridized carbons (Fsp3) is 0.381. The Bertz CT molecular complexity index is 999. The van der Waals surface area contributed by atoms with Crippen molar-refractivity contribution in [1.82, 2.24) is 14.9 Å². The van der Waals surface area contributed by atoms with Crippen molar-refractivity contribution in [3.63, 3.8) is 0 Å². The summed E-state index contributed by atoms with van der Waals surface area (Å²) in [6.07, 6.45) is 2.51. The molecule has 3 rings (SSSR count). The summed E-state index contributed by atoms with van der Waals surface area (Å²) < 4.78 is 12.4. The number of ether oxygens (including phenoxy) is 1. The van der Waals surface area contributed by atoms with Crippen molar-refractivity contribution in [2.45, 2.75) is 38.1 Å². The van der Waals surface area contributed by atoms with Gasteiger partial charge in [-0.15, -0.1) is 0 Å². The van der Waals surface area contributed by atoms with Gasteiger partial charge in [-0.3, -0.25) is 14.2 Å². The number of nitrogens with zero attached hydrogens (tertiary/aromatic N) is 2. The molecule has 0 unspecified atom stereocenters. The molecule has 0 aliphatic rings. The smallest absolute Gasteiger partial charge is 0.262 e. The number of hydrogen-bond donors (Lipinski definition) is 1. The molecule has 1 amide bonds. The lowest BCUT2D eigenvalue weighted by Crippen LogP contribution is -2.28. The van der Waals surface area contributed by atoms with E-state index in [-0.39, 0.29) is 29.9 Å². The fourth-order valence-corrected chi connectivity index (χ4v) is 3.58. The second kappa shape index (κ2) is 10.3. The zero-order chi connectivity index (χ0) is 20.6. The third-order valence-electron chi connectivity index (χ3n) is 4.15. The number of para-hydroxylation sites is 1. The van der Waals surface area contributed by atoms with Gasteiger partial charge in [-0.2, -0.15) is 0 Å². The zero-order valence-corrected chi connectivity index (χ0v) is 17.4. The number of amides is 1. The number of aromatic nitrogens is 2. The first kappa shape index (κ1) is 21.1. The van der Waals surface area contributed by atoms with E-state index in [1.807, 2.05) is 32.0 Å². The van der Waals surface area contributed by atoms with Crippen molar-refractivity contribution in [3.8, 4) is 0 Å². The molecular weight excluding hydrogens is 390 g/mol. The van der Waals surface area contributed by atoms with E-state index in [4.69, 9.17) is 9.15 Å². The summed E-state index contributed by atoms with van der Waals surface area (Å²) in [6.45, 7) is 5.39. The number of furan rings is 1. The quantitative estimate of drug-likeness (QED) is 0.311. The molecule has 2 heterocycles. The van der Waals surface area contributed by atoms with Crippen molar-refractivity contribution >= 4 is 28.6 Å². The number of benzene rings is 1. The molecule has 0 spiro atoms. The second-order valence-electron chi connectivity index (χ2n) is 6.79. The van der Waals surface area contributed by atoms with Crippen molar-refractivity contribution in [2.75, 3.05) is 18.9 Å². The predicted molar refractivity (Wildman–Crippen MR) is 113 cm³/mol. The molecule has 0 bridgehead atoms. The molecule has 0 saturated heterocycles. The van der Waals surface area contributed by atoms with Gasteiger partial charge in [-0.1, -0.05) is 23.9 Å². The van der Waals surface area contributed by atoms with Crippen LogP contribution in [0.4, 0.5) is 0 Å². The van der Waals surface area contributed by atoms with Crippen LogP contribution in [0.15, 0.2) is 57.0 Å². The van der Waals surface area contributed by atoms with Gasteiger partial charge in [-0.25, -0.2) is 4.98 Å². The number of nitrogens with one attached hydrogen (secondary N) is 1. The van der Waals surface area contributed by atoms with E-state index in [1.165, 1.54) is 11.8 Å². The highest BCUT2D eigenvalue weighted by Crippen LogP contribution is 2.19. The molecule has 154 valence electrons. The first-order valence-corrected chi connectivity index (χ1v) is 10.6. The van der Waals surface area contributed by atoms with Crippen LogP contribution >= 0.6 is 11.8 Å². The number of carbonyl (C=O) groups is 1. The molecule has 0 saturated carbocycles. The molecule has 0 radical (unpaired) electrons. The maximum atomic E-state index is 13.0. The van der Waals surface area contributed by atoms with E-state index < -0.39 is 0 Å². The van der Waals surface area contributed by atoms with Gasteiger partial charge in [-0.05, 0) is 44.5 Å².